The van der Waals surface area contributed by atoms with E-state index in [0.29, 0.717) is 19.6 Å². The van der Waals surface area contributed by atoms with Crippen molar-refractivity contribution in [2.75, 3.05) is 57.8 Å². The normalized spacial score (nSPS) is 23.7. The molecular formula is C20H30N4O6S. The van der Waals surface area contributed by atoms with Crippen molar-refractivity contribution >= 4 is 41.8 Å². The SMILES string of the molecule is CN1CC(=O)N(c2ccsc2)CC12CCN(CC(=O)N1CCCC1)C2.O=CO.O=CO. The molecule has 2 amide bonds. The Morgan fingerprint density at radius 1 is 1.16 bits per heavy atom. The van der Waals surface area contributed by atoms with Crippen LogP contribution >= 0.6 is 11.3 Å². The van der Waals surface area contributed by atoms with E-state index in [-0.39, 0.29) is 30.3 Å². The number of likely N-dealkylation sites (tertiary alicyclic amines) is 2. The van der Waals surface area contributed by atoms with E-state index in [1.165, 1.54) is 0 Å². The highest BCUT2D eigenvalue weighted by molar-refractivity contribution is 7.08. The van der Waals surface area contributed by atoms with Crippen LogP contribution in [-0.2, 0) is 19.2 Å². The van der Waals surface area contributed by atoms with Crippen LogP contribution in [0.25, 0.3) is 0 Å². The lowest BCUT2D eigenvalue weighted by molar-refractivity contribution is -0.131. The van der Waals surface area contributed by atoms with Gasteiger partial charge in [-0.05, 0) is 37.8 Å². The minimum Gasteiger partial charge on any atom is -0.483 e. The summed E-state index contributed by atoms with van der Waals surface area (Å²) in [5, 5.41) is 17.8. The van der Waals surface area contributed by atoms with Gasteiger partial charge in [0.25, 0.3) is 12.9 Å². The van der Waals surface area contributed by atoms with Gasteiger partial charge < -0.3 is 20.0 Å². The standard InChI is InChI=1S/C18H26N4O2S.2CH2O2/c1-19-10-17(24)22(15-4-9-25-12-15)14-18(19)5-8-20(13-18)11-16(23)21-6-2-3-7-21;2*2-1-3/h4,9,12H,2-3,5-8,10-11,13-14H2,1H3;2*1H,(H,2,3). The fourth-order valence-corrected chi connectivity index (χ4v) is 5.02. The predicted molar refractivity (Wildman–Crippen MR) is 116 cm³/mol. The first kappa shape index (κ1) is 24.8. The van der Waals surface area contributed by atoms with Gasteiger partial charge in [-0.25, -0.2) is 0 Å². The molecule has 31 heavy (non-hydrogen) atoms. The van der Waals surface area contributed by atoms with Crippen molar-refractivity contribution in [3.63, 3.8) is 0 Å². The Morgan fingerprint density at radius 3 is 2.39 bits per heavy atom. The van der Waals surface area contributed by atoms with Crippen molar-refractivity contribution in [1.29, 1.82) is 0 Å². The largest absolute Gasteiger partial charge is 0.483 e. The molecule has 11 heteroatoms. The van der Waals surface area contributed by atoms with Crippen molar-refractivity contribution < 1.29 is 29.4 Å². The molecule has 10 nitrogen and oxygen atoms in total. The molecule has 1 aromatic heterocycles. The van der Waals surface area contributed by atoms with Crippen molar-refractivity contribution in [2.45, 2.75) is 24.8 Å². The number of thiophene rings is 1. The van der Waals surface area contributed by atoms with E-state index >= 15 is 0 Å². The maximum absolute atomic E-state index is 12.5. The second-order valence-electron chi connectivity index (χ2n) is 7.80. The van der Waals surface area contributed by atoms with Gasteiger partial charge in [-0.15, -0.1) is 0 Å². The molecule has 1 atom stereocenters. The fourth-order valence-electron chi connectivity index (χ4n) is 4.38. The number of piperazine rings is 1. The lowest BCUT2D eigenvalue weighted by Gasteiger charge is -2.46. The summed E-state index contributed by atoms with van der Waals surface area (Å²) in [6, 6.07) is 2.02. The number of carbonyl (C=O) groups excluding carboxylic acids is 2. The summed E-state index contributed by atoms with van der Waals surface area (Å²) in [5.41, 5.74) is 0.968. The molecule has 1 unspecified atom stereocenters. The van der Waals surface area contributed by atoms with E-state index in [0.717, 1.165) is 51.1 Å². The van der Waals surface area contributed by atoms with E-state index < -0.39 is 0 Å². The van der Waals surface area contributed by atoms with Crippen LogP contribution in [0.1, 0.15) is 19.3 Å². The number of likely N-dealkylation sites (N-methyl/N-ethyl adjacent to an activating group) is 1. The van der Waals surface area contributed by atoms with Gasteiger partial charge in [-0.2, -0.15) is 11.3 Å². The highest BCUT2D eigenvalue weighted by Crippen LogP contribution is 2.34. The number of rotatable bonds is 3. The molecule has 4 heterocycles. The average Bonchev–Trinajstić information content (AvgIpc) is 3.48. The zero-order chi connectivity index (χ0) is 22.9. The molecule has 0 aromatic carbocycles. The summed E-state index contributed by atoms with van der Waals surface area (Å²) >= 11 is 1.62. The van der Waals surface area contributed by atoms with Crippen LogP contribution in [0.2, 0.25) is 0 Å². The summed E-state index contributed by atoms with van der Waals surface area (Å²) < 4.78 is 0. The lowest BCUT2D eigenvalue weighted by Crippen LogP contribution is -2.64. The highest BCUT2D eigenvalue weighted by Gasteiger charge is 2.48. The smallest absolute Gasteiger partial charge is 0.290 e. The van der Waals surface area contributed by atoms with Gasteiger partial charge in [0.2, 0.25) is 11.8 Å². The Kier molecular flexibility index (Phi) is 9.41. The first-order chi connectivity index (χ1) is 14.9. The number of hydrogen-bond donors (Lipinski definition) is 2. The van der Waals surface area contributed by atoms with Gasteiger partial charge >= 0.3 is 0 Å². The third-order valence-corrected chi connectivity index (χ3v) is 6.65. The van der Waals surface area contributed by atoms with Gasteiger partial charge in [-0.3, -0.25) is 29.0 Å². The summed E-state index contributed by atoms with van der Waals surface area (Å²) in [7, 11) is 2.05. The van der Waals surface area contributed by atoms with Gasteiger partial charge in [-0.1, -0.05) is 0 Å². The molecule has 3 saturated heterocycles. The molecule has 0 bridgehead atoms. The molecular weight excluding hydrogens is 424 g/mol. The number of nitrogens with zero attached hydrogens (tertiary/aromatic N) is 4. The molecule has 4 rings (SSSR count). The molecule has 0 aliphatic carbocycles. The quantitative estimate of drug-likeness (QED) is 0.633. The molecule has 172 valence electrons. The average molecular weight is 455 g/mol. The Morgan fingerprint density at radius 2 is 1.81 bits per heavy atom. The van der Waals surface area contributed by atoms with Crippen LogP contribution in [-0.4, -0.2) is 108 Å². The highest BCUT2D eigenvalue weighted by atomic mass is 32.1. The van der Waals surface area contributed by atoms with Crippen molar-refractivity contribution in [3.05, 3.63) is 16.8 Å². The molecule has 0 radical (unpaired) electrons. The maximum Gasteiger partial charge on any atom is 0.290 e. The number of anilines is 1. The van der Waals surface area contributed by atoms with Crippen LogP contribution in [0.5, 0.6) is 0 Å². The Hall–Kier alpha value is -2.50. The third kappa shape index (κ3) is 6.25. The van der Waals surface area contributed by atoms with Crippen molar-refractivity contribution in [1.82, 2.24) is 14.7 Å². The number of amides is 2. The number of carboxylic acid groups (broad SMARTS) is 2. The van der Waals surface area contributed by atoms with Gasteiger partial charge in [0.15, 0.2) is 0 Å². The fraction of sp³-hybridized carbons (Fsp3) is 0.600. The number of carbonyl (C=O) groups is 4. The topological polar surface area (TPSA) is 122 Å². The monoisotopic (exact) mass is 454 g/mol. The van der Waals surface area contributed by atoms with E-state index in [4.69, 9.17) is 19.8 Å². The van der Waals surface area contributed by atoms with E-state index in [9.17, 15) is 9.59 Å². The van der Waals surface area contributed by atoms with Crippen molar-refractivity contribution in [3.8, 4) is 0 Å². The van der Waals surface area contributed by atoms with Crippen LogP contribution in [0.4, 0.5) is 5.69 Å². The van der Waals surface area contributed by atoms with E-state index in [1.54, 1.807) is 11.3 Å². The molecule has 2 N–H and O–H groups in total. The third-order valence-electron chi connectivity index (χ3n) is 5.98. The first-order valence-corrected chi connectivity index (χ1v) is 11.0. The van der Waals surface area contributed by atoms with Gasteiger partial charge in [0, 0.05) is 38.1 Å². The second kappa shape index (κ2) is 11.8. The van der Waals surface area contributed by atoms with E-state index in [2.05, 4.69) is 16.8 Å². The minimum atomic E-state index is -0.250. The first-order valence-electron chi connectivity index (χ1n) is 10.1. The Balaban J connectivity index is 0.000000513. The zero-order valence-corrected chi connectivity index (χ0v) is 18.5. The molecule has 3 aliphatic heterocycles. The Bertz CT molecular complexity index is 734. The lowest BCUT2D eigenvalue weighted by atomic mass is 9.93. The Labute approximate surface area is 185 Å². The summed E-state index contributed by atoms with van der Waals surface area (Å²) in [4.78, 5) is 50.1. The van der Waals surface area contributed by atoms with Gasteiger partial charge in [0.1, 0.15) is 0 Å². The molecule has 3 fully saturated rings. The summed E-state index contributed by atoms with van der Waals surface area (Å²) in [5.74, 6) is 0.428. The van der Waals surface area contributed by atoms with Crippen LogP contribution in [0.3, 0.4) is 0 Å². The number of hydrogen-bond acceptors (Lipinski definition) is 7. The maximum atomic E-state index is 12.5. The van der Waals surface area contributed by atoms with Gasteiger partial charge in [0.05, 0.1) is 24.3 Å². The van der Waals surface area contributed by atoms with E-state index in [1.807, 2.05) is 26.6 Å². The van der Waals surface area contributed by atoms with Crippen LogP contribution in [0, 0.1) is 0 Å². The minimum absolute atomic E-state index is 0.0405. The molecule has 1 aromatic rings. The zero-order valence-electron chi connectivity index (χ0n) is 17.7. The molecule has 3 aliphatic rings. The molecule has 1 spiro atoms. The molecule has 0 saturated carbocycles. The van der Waals surface area contributed by atoms with Crippen molar-refractivity contribution in [2.24, 2.45) is 0 Å². The van der Waals surface area contributed by atoms with Crippen LogP contribution < -0.4 is 4.90 Å². The summed E-state index contributed by atoms with van der Waals surface area (Å²) in [6.07, 6.45) is 3.27. The predicted octanol–water partition coefficient (Wildman–Crippen LogP) is 0.495. The second-order valence-corrected chi connectivity index (χ2v) is 8.58. The van der Waals surface area contributed by atoms with Crippen LogP contribution in [0.15, 0.2) is 16.8 Å². The summed E-state index contributed by atoms with van der Waals surface area (Å²) in [6.45, 7) is 4.79.